The normalized spacial score (nSPS) is 10.7. The fourth-order valence-electron chi connectivity index (χ4n) is 3.65. The van der Waals surface area contributed by atoms with Crippen molar-refractivity contribution < 1.29 is 0 Å². The number of pyridine rings is 1. The lowest BCUT2D eigenvalue weighted by Crippen LogP contribution is -2.00. The van der Waals surface area contributed by atoms with Gasteiger partial charge in [0.1, 0.15) is 0 Å². The Morgan fingerprint density at radius 3 is 1.42 bits per heavy atom. The van der Waals surface area contributed by atoms with E-state index in [0.717, 1.165) is 17.0 Å². The quantitative estimate of drug-likeness (QED) is 0.406. The molecule has 0 spiro atoms. The molecule has 1 heterocycles. The van der Waals surface area contributed by atoms with Gasteiger partial charge >= 0.3 is 0 Å². The second-order valence-electron chi connectivity index (χ2n) is 6.52. The topological polar surface area (TPSA) is 12.9 Å². The van der Waals surface area contributed by atoms with Gasteiger partial charge in [0.2, 0.25) is 0 Å². The molecule has 126 valence electrons. The molecule has 1 heteroatoms. The minimum Gasteiger partial charge on any atom is -0.252 e. The molecule has 0 bridgehead atoms. The number of aromatic nitrogens is 1. The highest BCUT2D eigenvalue weighted by Gasteiger charge is 2.18. The van der Waals surface area contributed by atoms with Crippen LogP contribution >= 0.6 is 0 Å². The van der Waals surface area contributed by atoms with Crippen LogP contribution in [0.3, 0.4) is 0 Å². The molecule has 0 amide bonds. The van der Waals surface area contributed by atoms with E-state index in [9.17, 15) is 0 Å². The number of nitrogens with zero attached hydrogens (tertiary/aromatic N) is 1. The minimum atomic E-state index is 1.05. The highest BCUT2D eigenvalue weighted by Crippen LogP contribution is 2.39. The molecule has 0 aliphatic carbocycles. The van der Waals surface area contributed by atoms with E-state index in [-0.39, 0.29) is 0 Å². The second-order valence-corrected chi connectivity index (χ2v) is 6.52. The second kappa shape index (κ2) is 6.97. The molecule has 0 aliphatic heterocycles. The summed E-state index contributed by atoms with van der Waals surface area (Å²) in [5, 5.41) is 0. The number of benzene rings is 3. The maximum absolute atomic E-state index is 5.06. The lowest BCUT2D eigenvalue weighted by atomic mass is 9.89. The summed E-state index contributed by atoms with van der Waals surface area (Å²) in [5.74, 6) is 0. The SMILES string of the molecule is Cc1nc(-c2ccccc2)c(-c2ccccc2)c(C)c1-c1ccccc1. The number of hydrogen-bond donors (Lipinski definition) is 0. The molecule has 3 aromatic carbocycles. The molecular weight excluding hydrogens is 314 g/mol. The van der Waals surface area contributed by atoms with Crippen LogP contribution in [-0.2, 0) is 0 Å². The first-order valence-corrected chi connectivity index (χ1v) is 8.93. The van der Waals surface area contributed by atoms with Crippen molar-refractivity contribution in [1.82, 2.24) is 4.98 Å². The van der Waals surface area contributed by atoms with Crippen LogP contribution in [0.5, 0.6) is 0 Å². The van der Waals surface area contributed by atoms with Gasteiger partial charge in [-0.05, 0) is 30.5 Å². The molecule has 1 aromatic heterocycles. The van der Waals surface area contributed by atoms with Crippen LogP contribution in [0, 0.1) is 13.8 Å². The third-order valence-corrected chi connectivity index (χ3v) is 4.80. The monoisotopic (exact) mass is 335 g/mol. The van der Waals surface area contributed by atoms with Gasteiger partial charge in [0.25, 0.3) is 0 Å². The van der Waals surface area contributed by atoms with E-state index in [1.807, 2.05) is 6.07 Å². The van der Waals surface area contributed by atoms with Gasteiger partial charge in [0.05, 0.1) is 5.69 Å². The average Bonchev–Trinajstić information content (AvgIpc) is 2.70. The summed E-state index contributed by atoms with van der Waals surface area (Å²) in [4.78, 5) is 5.06. The predicted octanol–water partition coefficient (Wildman–Crippen LogP) is 6.70. The van der Waals surface area contributed by atoms with Gasteiger partial charge < -0.3 is 0 Å². The van der Waals surface area contributed by atoms with Crippen LogP contribution in [-0.4, -0.2) is 4.98 Å². The fourth-order valence-corrected chi connectivity index (χ4v) is 3.65. The summed E-state index contributed by atoms with van der Waals surface area (Å²) in [6, 6.07) is 31.6. The zero-order valence-electron chi connectivity index (χ0n) is 15.1. The van der Waals surface area contributed by atoms with Crippen molar-refractivity contribution in [2.24, 2.45) is 0 Å². The van der Waals surface area contributed by atoms with E-state index in [1.165, 1.54) is 27.8 Å². The fraction of sp³-hybridized carbons (Fsp3) is 0.0800. The van der Waals surface area contributed by atoms with Gasteiger partial charge in [-0.25, -0.2) is 0 Å². The number of hydrogen-bond acceptors (Lipinski definition) is 1. The Morgan fingerprint density at radius 1 is 0.500 bits per heavy atom. The summed E-state index contributed by atoms with van der Waals surface area (Å²) < 4.78 is 0. The molecule has 0 fully saturated rings. The maximum atomic E-state index is 5.06. The van der Waals surface area contributed by atoms with Crippen molar-refractivity contribution >= 4 is 0 Å². The molecule has 4 aromatic rings. The Kier molecular flexibility index (Phi) is 4.37. The first-order valence-electron chi connectivity index (χ1n) is 8.93. The zero-order valence-corrected chi connectivity index (χ0v) is 15.1. The predicted molar refractivity (Wildman–Crippen MR) is 110 cm³/mol. The minimum absolute atomic E-state index is 1.05. The smallest absolute Gasteiger partial charge is 0.0786 e. The number of rotatable bonds is 3. The van der Waals surface area contributed by atoms with Gasteiger partial charge in [-0.3, -0.25) is 4.98 Å². The first-order chi connectivity index (χ1) is 12.8. The van der Waals surface area contributed by atoms with Gasteiger partial charge in [-0.15, -0.1) is 0 Å². The third kappa shape index (κ3) is 2.93. The standard InChI is InChI=1S/C25H21N/c1-18-23(20-12-6-3-7-13-20)19(2)26-25(22-16-10-5-11-17-22)24(18)21-14-8-4-9-15-21/h3-17H,1-2H3. The van der Waals surface area contributed by atoms with Gasteiger partial charge in [0.15, 0.2) is 0 Å². The lowest BCUT2D eigenvalue weighted by Gasteiger charge is -2.19. The molecule has 0 N–H and O–H groups in total. The number of aryl methyl sites for hydroxylation is 1. The van der Waals surface area contributed by atoms with Crippen LogP contribution in [0.15, 0.2) is 91.0 Å². The van der Waals surface area contributed by atoms with Gasteiger partial charge in [-0.1, -0.05) is 91.0 Å². The van der Waals surface area contributed by atoms with E-state index < -0.39 is 0 Å². The summed E-state index contributed by atoms with van der Waals surface area (Å²) in [6.07, 6.45) is 0. The summed E-state index contributed by atoms with van der Waals surface area (Å²) in [5.41, 5.74) is 9.38. The van der Waals surface area contributed by atoms with Crippen molar-refractivity contribution in [2.45, 2.75) is 13.8 Å². The van der Waals surface area contributed by atoms with E-state index in [2.05, 4.69) is 98.8 Å². The first kappa shape index (κ1) is 16.3. The van der Waals surface area contributed by atoms with Crippen LogP contribution in [0.2, 0.25) is 0 Å². The molecule has 0 radical (unpaired) electrons. The Hall–Kier alpha value is -3.19. The molecular formula is C25H21N. The van der Waals surface area contributed by atoms with E-state index in [4.69, 9.17) is 4.98 Å². The van der Waals surface area contributed by atoms with Crippen molar-refractivity contribution in [2.75, 3.05) is 0 Å². The Bertz CT molecular complexity index is 1020. The van der Waals surface area contributed by atoms with Crippen molar-refractivity contribution in [3.63, 3.8) is 0 Å². The van der Waals surface area contributed by atoms with Gasteiger partial charge in [0, 0.05) is 22.4 Å². The largest absolute Gasteiger partial charge is 0.252 e. The summed E-state index contributed by atoms with van der Waals surface area (Å²) >= 11 is 0. The Balaban J connectivity index is 2.05. The Morgan fingerprint density at radius 2 is 0.923 bits per heavy atom. The summed E-state index contributed by atoms with van der Waals surface area (Å²) in [7, 11) is 0. The molecule has 4 rings (SSSR count). The van der Waals surface area contributed by atoms with Crippen molar-refractivity contribution in [3.8, 4) is 33.5 Å². The zero-order chi connectivity index (χ0) is 17.9. The molecule has 0 saturated heterocycles. The maximum Gasteiger partial charge on any atom is 0.0786 e. The lowest BCUT2D eigenvalue weighted by molar-refractivity contribution is 1.19. The average molecular weight is 335 g/mol. The van der Waals surface area contributed by atoms with E-state index in [1.54, 1.807) is 0 Å². The van der Waals surface area contributed by atoms with Crippen LogP contribution in [0.1, 0.15) is 11.3 Å². The van der Waals surface area contributed by atoms with Crippen LogP contribution in [0.25, 0.3) is 33.5 Å². The Labute approximate surface area is 155 Å². The molecule has 26 heavy (non-hydrogen) atoms. The highest BCUT2D eigenvalue weighted by atomic mass is 14.7. The van der Waals surface area contributed by atoms with Crippen LogP contribution in [0.4, 0.5) is 0 Å². The molecule has 0 unspecified atom stereocenters. The third-order valence-electron chi connectivity index (χ3n) is 4.80. The van der Waals surface area contributed by atoms with E-state index in [0.29, 0.717) is 0 Å². The van der Waals surface area contributed by atoms with E-state index >= 15 is 0 Å². The molecule has 0 atom stereocenters. The molecule has 0 aliphatic rings. The molecule has 0 saturated carbocycles. The van der Waals surface area contributed by atoms with Gasteiger partial charge in [-0.2, -0.15) is 0 Å². The summed E-state index contributed by atoms with van der Waals surface area (Å²) in [6.45, 7) is 4.32. The van der Waals surface area contributed by atoms with Crippen molar-refractivity contribution in [3.05, 3.63) is 102 Å². The van der Waals surface area contributed by atoms with Crippen LogP contribution < -0.4 is 0 Å². The molecule has 1 nitrogen and oxygen atoms in total. The van der Waals surface area contributed by atoms with Crippen molar-refractivity contribution in [1.29, 1.82) is 0 Å². The highest BCUT2D eigenvalue weighted by molar-refractivity contribution is 5.88.